The molecular formula is C20H37N. The van der Waals surface area contributed by atoms with Gasteiger partial charge in [0.2, 0.25) is 0 Å². The van der Waals surface area contributed by atoms with Gasteiger partial charge in [0, 0.05) is 12.1 Å². The maximum atomic E-state index is 4.17. The van der Waals surface area contributed by atoms with Gasteiger partial charge in [-0.05, 0) is 58.3 Å². The van der Waals surface area contributed by atoms with E-state index in [0.717, 1.165) is 11.5 Å². The third-order valence-electron chi connectivity index (χ3n) is 3.99. The van der Waals surface area contributed by atoms with Crippen molar-refractivity contribution >= 4 is 0 Å². The van der Waals surface area contributed by atoms with Gasteiger partial charge in [-0.3, -0.25) is 0 Å². The number of hydrogen-bond donors (Lipinski definition) is 1. The van der Waals surface area contributed by atoms with Crippen LogP contribution in [0.25, 0.3) is 0 Å². The Morgan fingerprint density at radius 1 is 0.857 bits per heavy atom. The highest BCUT2D eigenvalue weighted by Crippen LogP contribution is 2.18. The van der Waals surface area contributed by atoms with Crippen molar-refractivity contribution in [1.29, 1.82) is 0 Å². The molecular weight excluding hydrogens is 254 g/mol. The second-order valence-corrected chi connectivity index (χ2v) is 7.17. The first-order chi connectivity index (χ1) is 9.72. The summed E-state index contributed by atoms with van der Waals surface area (Å²) >= 11 is 0. The monoisotopic (exact) mass is 291 g/mol. The molecule has 0 aliphatic carbocycles. The summed E-state index contributed by atoms with van der Waals surface area (Å²) in [6.07, 6.45) is 9.12. The van der Waals surface area contributed by atoms with E-state index >= 15 is 0 Å². The topological polar surface area (TPSA) is 12.0 Å². The summed E-state index contributed by atoms with van der Waals surface area (Å²) in [6, 6.07) is 1.19. The van der Waals surface area contributed by atoms with Crippen molar-refractivity contribution in [3.8, 4) is 0 Å². The first-order valence-corrected chi connectivity index (χ1v) is 8.50. The SMILES string of the molecule is C=C(C)/C=C\C(=C)C(C)CCC(C)NC(C)CCC(C)C. The van der Waals surface area contributed by atoms with Crippen LogP contribution in [0.1, 0.15) is 67.2 Å². The van der Waals surface area contributed by atoms with Crippen molar-refractivity contribution in [3.05, 3.63) is 36.5 Å². The van der Waals surface area contributed by atoms with E-state index in [1.807, 2.05) is 6.92 Å². The summed E-state index contributed by atoms with van der Waals surface area (Å²) in [4.78, 5) is 0. The first-order valence-electron chi connectivity index (χ1n) is 8.50. The van der Waals surface area contributed by atoms with Crippen LogP contribution in [0, 0.1) is 11.8 Å². The van der Waals surface area contributed by atoms with E-state index < -0.39 is 0 Å². The Hall–Kier alpha value is -0.820. The third kappa shape index (κ3) is 11.5. The van der Waals surface area contributed by atoms with Crippen LogP contribution >= 0.6 is 0 Å². The largest absolute Gasteiger partial charge is 0.312 e. The van der Waals surface area contributed by atoms with Gasteiger partial charge in [-0.2, -0.15) is 0 Å². The van der Waals surface area contributed by atoms with E-state index in [4.69, 9.17) is 0 Å². The van der Waals surface area contributed by atoms with Gasteiger partial charge in [0.05, 0.1) is 0 Å². The fraction of sp³-hybridized carbons (Fsp3) is 0.700. The van der Waals surface area contributed by atoms with Gasteiger partial charge in [0.1, 0.15) is 0 Å². The summed E-state index contributed by atoms with van der Waals surface area (Å²) in [5, 5.41) is 3.72. The highest BCUT2D eigenvalue weighted by Gasteiger charge is 2.11. The molecule has 0 aliphatic rings. The Morgan fingerprint density at radius 2 is 1.38 bits per heavy atom. The van der Waals surface area contributed by atoms with Gasteiger partial charge < -0.3 is 5.32 Å². The van der Waals surface area contributed by atoms with Gasteiger partial charge in [-0.25, -0.2) is 0 Å². The molecule has 0 fully saturated rings. The summed E-state index contributed by atoms with van der Waals surface area (Å²) in [5.41, 5.74) is 2.29. The Morgan fingerprint density at radius 3 is 1.86 bits per heavy atom. The molecule has 0 aromatic rings. The quantitative estimate of drug-likeness (QED) is 0.468. The van der Waals surface area contributed by atoms with Crippen LogP contribution in [-0.2, 0) is 0 Å². The summed E-state index contributed by atoms with van der Waals surface area (Å²) < 4.78 is 0. The molecule has 0 aromatic carbocycles. The van der Waals surface area contributed by atoms with Crippen LogP contribution < -0.4 is 5.32 Å². The number of nitrogens with one attached hydrogen (secondary N) is 1. The van der Waals surface area contributed by atoms with E-state index in [9.17, 15) is 0 Å². The van der Waals surface area contributed by atoms with Crippen molar-refractivity contribution in [1.82, 2.24) is 5.32 Å². The van der Waals surface area contributed by atoms with Crippen LogP contribution in [0.3, 0.4) is 0 Å². The molecule has 0 spiro atoms. The van der Waals surface area contributed by atoms with Gasteiger partial charge >= 0.3 is 0 Å². The summed E-state index contributed by atoms with van der Waals surface area (Å²) in [7, 11) is 0. The van der Waals surface area contributed by atoms with Crippen LogP contribution in [0.5, 0.6) is 0 Å². The third-order valence-corrected chi connectivity index (χ3v) is 3.99. The highest BCUT2D eigenvalue weighted by atomic mass is 14.9. The molecule has 21 heavy (non-hydrogen) atoms. The van der Waals surface area contributed by atoms with Crippen LogP contribution in [0.15, 0.2) is 36.5 Å². The normalized spacial score (nSPS) is 16.1. The number of allylic oxidation sites excluding steroid dienone is 4. The average molecular weight is 292 g/mol. The van der Waals surface area contributed by atoms with E-state index in [2.05, 4.69) is 65.2 Å². The lowest BCUT2D eigenvalue weighted by Crippen LogP contribution is -2.34. The Balaban J connectivity index is 3.98. The zero-order chi connectivity index (χ0) is 16.4. The lowest BCUT2D eigenvalue weighted by molar-refractivity contribution is 0.384. The number of rotatable bonds is 11. The zero-order valence-corrected chi connectivity index (χ0v) is 15.2. The van der Waals surface area contributed by atoms with Crippen LogP contribution in [-0.4, -0.2) is 12.1 Å². The smallest absolute Gasteiger partial charge is 0.00414 e. The van der Waals surface area contributed by atoms with E-state index in [1.54, 1.807) is 0 Å². The standard InChI is InChI=1S/C20H37N/c1-15(2)9-11-17(5)18(6)12-14-20(8)21-19(7)13-10-16(3)4/h9,11,16,18-21H,1,5,10,12-14H2,2-4,6-8H3/b11-9-. The van der Waals surface area contributed by atoms with Gasteiger partial charge in [-0.15, -0.1) is 0 Å². The molecule has 3 unspecified atom stereocenters. The van der Waals surface area contributed by atoms with Crippen molar-refractivity contribution in [2.45, 2.75) is 79.3 Å². The molecule has 0 bridgehead atoms. The summed E-state index contributed by atoms with van der Waals surface area (Å²) in [6.45, 7) is 21.5. The molecule has 1 heteroatoms. The molecule has 0 amide bonds. The molecule has 0 aromatic heterocycles. The van der Waals surface area contributed by atoms with Gasteiger partial charge in [-0.1, -0.05) is 57.2 Å². The van der Waals surface area contributed by atoms with Crippen LogP contribution in [0.2, 0.25) is 0 Å². The Bertz CT molecular complexity index is 338. The molecule has 3 atom stereocenters. The van der Waals surface area contributed by atoms with Crippen LogP contribution in [0.4, 0.5) is 0 Å². The van der Waals surface area contributed by atoms with Gasteiger partial charge in [0.15, 0.2) is 0 Å². The molecule has 0 rings (SSSR count). The molecule has 0 radical (unpaired) electrons. The van der Waals surface area contributed by atoms with E-state index in [-0.39, 0.29) is 0 Å². The molecule has 0 saturated heterocycles. The van der Waals surface area contributed by atoms with E-state index in [1.165, 1.54) is 31.3 Å². The molecule has 1 N–H and O–H groups in total. The molecule has 1 nitrogen and oxygen atoms in total. The molecule has 0 heterocycles. The minimum Gasteiger partial charge on any atom is -0.312 e. The maximum Gasteiger partial charge on any atom is 0.00414 e. The second kappa shape index (κ2) is 10.8. The lowest BCUT2D eigenvalue weighted by atomic mass is 9.94. The average Bonchev–Trinajstić information content (AvgIpc) is 2.39. The highest BCUT2D eigenvalue weighted by molar-refractivity contribution is 5.24. The van der Waals surface area contributed by atoms with E-state index in [0.29, 0.717) is 18.0 Å². The Kier molecular flexibility index (Phi) is 10.4. The fourth-order valence-corrected chi connectivity index (χ4v) is 2.33. The predicted octanol–water partition coefficient (Wildman–Crippen LogP) is 5.89. The lowest BCUT2D eigenvalue weighted by Gasteiger charge is -2.22. The summed E-state index contributed by atoms with van der Waals surface area (Å²) in [5.74, 6) is 1.34. The molecule has 0 aliphatic heterocycles. The van der Waals surface area contributed by atoms with Crippen molar-refractivity contribution in [2.75, 3.05) is 0 Å². The van der Waals surface area contributed by atoms with Crippen molar-refractivity contribution in [2.24, 2.45) is 11.8 Å². The molecule has 122 valence electrons. The van der Waals surface area contributed by atoms with Crippen molar-refractivity contribution in [3.63, 3.8) is 0 Å². The van der Waals surface area contributed by atoms with Crippen molar-refractivity contribution < 1.29 is 0 Å². The maximum absolute atomic E-state index is 4.17. The second-order valence-electron chi connectivity index (χ2n) is 7.17. The zero-order valence-electron chi connectivity index (χ0n) is 15.2. The number of hydrogen-bond acceptors (Lipinski definition) is 1. The fourth-order valence-electron chi connectivity index (χ4n) is 2.33. The molecule has 0 saturated carbocycles. The Labute approximate surface area is 133 Å². The minimum absolute atomic E-state index is 0.538. The van der Waals surface area contributed by atoms with Gasteiger partial charge in [0.25, 0.3) is 0 Å². The first kappa shape index (κ1) is 20.2. The minimum atomic E-state index is 0.538. The predicted molar refractivity (Wildman–Crippen MR) is 97.6 cm³/mol.